The van der Waals surface area contributed by atoms with Gasteiger partial charge < -0.3 is 10.2 Å². The molecule has 1 unspecified atom stereocenters. The molecule has 1 aromatic rings. The average molecular weight is 321 g/mol. The standard InChI is InChI=1S/C16H21ClN4O/c1-16(2,3)20-15(22)12-5-4-6-21(10-12)14-13(17)7-11(8-18)9-19-14/h7,9,12H,4-6,10H2,1-3H3,(H,20,22). The van der Waals surface area contributed by atoms with Gasteiger partial charge in [-0.1, -0.05) is 11.6 Å². The normalized spacial score (nSPS) is 18.7. The summed E-state index contributed by atoms with van der Waals surface area (Å²) in [5.74, 6) is 0.650. The second-order valence-electron chi connectivity index (χ2n) is 6.67. The van der Waals surface area contributed by atoms with Gasteiger partial charge in [-0.15, -0.1) is 0 Å². The first-order chi connectivity index (χ1) is 10.3. The van der Waals surface area contributed by atoms with Crippen LogP contribution in [-0.4, -0.2) is 29.5 Å². The van der Waals surface area contributed by atoms with Crippen molar-refractivity contribution < 1.29 is 4.79 Å². The molecule has 0 bridgehead atoms. The van der Waals surface area contributed by atoms with E-state index in [1.807, 2.05) is 31.7 Å². The van der Waals surface area contributed by atoms with Crippen LogP contribution in [0.2, 0.25) is 5.02 Å². The van der Waals surface area contributed by atoms with Gasteiger partial charge >= 0.3 is 0 Å². The van der Waals surface area contributed by atoms with Crippen LogP contribution in [-0.2, 0) is 4.79 Å². The number of hydrogen-bond donors (Lipinski definition) is 1. The van der Waals surface area contributed by atoms with Crippen LogP contribution in [0, 0.1) is 17.2 Å². The van der Waals surface area contributed by atoms with E-state index >= 15 is 0 Å². The highest BCUT2D eigenvalue weighted by Gasteiger charge is 2.29. The molecule has 0 aliphatic carbocycles. The molecule has 2 heterocycles. The number of hydrogen-bond acceptors (Lipinski definition) is 4. The molecule has 1 fully saturated rings. The van der Waals surface area contributed by atoms with Gasteiger partial charge in [0.15, 0.2) is 0 Å². The fourth-order valence-corrected chi connectivity index (χ4v) is 2.87. The van der Waals surface area contributed by atoms with Crippen molar-refractivity contribution in [1.29, 1.82) is 5.26 Å². The molecule has 1 amide bonds. The summed E-state index contributed by atoms with van der Waals surface area (Å²) in [7, 11) is 0. The van der Waals surface area contributed by atoms with Crippen molar-refractivity contribution in [1.82, 2.24) is 10.3 Å². The lowest BCUT2D eigenvalue weighted by atomic mass is 9.95. The van der Waals surface area contributed by atoms with Crippen LogP contribution in [0.3, 0.4) is 0 Å². The van der Waals surface area contributed by atoms with Crippen molar-refractivity contribution in [2.24, 2.45) is 5.92 Å². The summed E-state index contributed by atoms with van der Waals surface area (Å²) in [6.45, 7) is 7.35. The zero-order valence-electron chi connectivity index (χ0n) is 13.2. The van der Waals surface area contributed by atoms with E-state index in [4.69, 9.17) is 16.9 Å². The van der Waals surface area contributed by atoms with Crippen LogP contribution in [0.25, 0.3) is 0 Å². The number of rotatable bonds is 2. The summed E-state index contributed by atoms with van der Waals surface area (Å²) in [6, 6.07) is 3.63. The van der Waals surface area contributed by atoms with Crippen molar-refractivity contribution in [3.05, 3.63) is 22.8 Å². The zero-order chi connectivity index (χ0) is 16.3. The van der Waals surface area contributed by atoms with E-state index in [0.717, 1.165) is 19.4 Å². The summed E-state index contributed by atoms with van der Waals surface area (Å²) in [5, 5.41) is 12.4. The average Bonchev–Trinajstić information content (AvgIpc) is 2.45. The summed E-state index contributed by atoms with van der Waals surface area (Å²) in [5.41, 5.74) is 0.205. The first kappa shape index (κ1) is 16.6. The SMILES string of the molecule is CC(C)(C)NC(=O)C1CCCN(c2ncc(C#N)cc2Cl)C1. The minimum atomic E-state index is -0.232. The fourth-order valence-electron chi connectivity index (χ4n) is 2.58. The van der Waals surface area contributed by atoms with Crippen molar-refractivity contribution >= 4 is 23.3 Å². The molecule has 1 N–H and O–H groups in total. The third kappa shape index (κ3) is 4.11. The Morgan fingerprint density at radius 2 is 2.27 bits per heavy atom. The number of amides is 1. The van der Waals surface area contributed by atoms with Gasteiger partial charge in [-0.05, 0) is 39.7 Å². The molecule has 118 valence electrons. The number of nitrogens with zero attached hydrogens (tertiary/aromatic N) is 3. The number of carbonyl (C=O) groups excluding carboxylic acids is 1. The second-order valence-corrected chi connectivity index (χ2v) is 7.07. The minimum Gasteiger partial charge on any atom is -0.355 e. The highest BCUT2D eigenvalue weighted by Crippen LogP contribution is 2.28. The topological polar surface area (TPSA) is 69.0 Å². The number of nitrogens with one attached hydrogen (secondary N) is 1. The van der Waals surface area contributed by atoms with Crippen LogP contribution in [0.1, 0.15) is 39.2 Å². The fraction of sp³-hybridized carbons (Fsp3) is 0.562. The van der Waals surface area contributed by atoms with Gasteiger partial charge in [-0.2, -0.15) is 5.26 Å². The maximum Gasteiger partial charge on any atom is 0.225 e. The van der Waals surface area contributed by atoms with E-state index in [2.05, 4.69) is 10.3 Å². The van der Waals surface area contributed by atoms with Crippen molar-refractivity contribution in [2.75, 3.05) is 18.0 Å². The Morgan fingerprint density at radius 3 is 2.86 bits per heavy atom. The van der Waals surface area contributed by atoms with E-state index in [0.29, 0.717) is 22.9 Å². The summed E-state index contributed by atoms with van der Waals surface area (Å²) < 4.78 is 0. The second kappa shape index (κ2) is 6.53. The third-order valence-corrected chi connectivity index (χ3v) is 3.82. The van der Waals surface area contributed by atoms with Gasteiger partial charge in [0.1, 0.15) is 11.9 Å². The molecule has 0 spiro atoms. The number of pyridine rings is 1. The molecule has 1 aliphatic heterocycles. The molecule has 1 aromatic heterocycles. The van der Waals surface area contributed by atoms with E-state index in [1.54, 1.807) is 6.07 Å². The maximum absolute atomic E-state index is 12.3. The number of aromatic nitrogens is 1. The molecule has 0 radical (unpaired) electrons. The van der Waals surface area contributed by atoms with Crippen molar-refractivity contribution in [2.45, 2.75) is 39.2 Å². The Balaban J connectivity index is 2.11. The van der Waals surface area contributed by atoms with E-state index in [1.165, 1.54) is 6.20 Å². The maximum atomic E-state index is 12.3. The van der Waals surface area contributed by atoms with Gasteiger partial charge in [0.05, 0.1) is 16.5 Å². The molecule has 5 nitrogen and oxygen atoms in total. The highest BCUT2D eigenvalue weighted by atomic mass is 35.5. The van der Waals surface area contributed by atoms with Gasteiger partial charge in [-0.25, -0.2) is 4.98 Å². The zero-order valence-corrected chi connectivity index (χ0v) is 13.9. The molecule has 1 saturated heterocycles. The molecule has 0 saturated carbocycles. The molecule has 6 heteroatoms. The monoisotopic (exact) mass is 320 g/mol. The van der Waals surface area contributed by atoms with Crippen LogP contribution < -0.4 is 10.2 Å². The molecule has 22 heavy (non-hydrogen) atoms. The highest BCUT2D eigenvalue weighted by molar-refractivity contribution is 6.33. The number of nitriles is 1. The van der Waals surface area contributed by atoms with Crippen LogP contribution in [0.5, 0.6) is 0 Å². The Morgan fingerprint density at radius 1 is 1.55 bits per heavy atom. The van der Waals surface area contributed by atoms with Gasteiger partial charge in [0.2, 0.25) is 5.91 Å². The Hall–Kier alpha value is -1.80. The van der Waals surface area contributed by atoms with Crippen LogP contribution in [0.15, 0.2) is 12.3 Å². The van der Waals surface area contributed by atoms with Gasteiger partial charge in [0, 0.05) is 24.8 Å². The molecule has 0 aromatic carbocycles. The third-order valence-electron chi connectivity index (χ3n) is 3.54. The Kier molecular flexibility index (Phi) is 4.92. The first-order valence-corrected chi connectivity index (χ1v) is 7.80. The van der Waals surface area contributed by atoms with Crippen LogP contribution >= 0.6 is 11.6 Å². The van der Waals surface area contributed by atoms with E-state index in [9.17, 15) is 4.79 Å². The Labute approximate surface area is 136 Å². The largest absolute Gasteiger partial charge is 0.355 e. The molecular weight excluding hydrogens is 300 g/mol. The van der Waals surface area contributed by atoms with Crippen molar-refractivity contribution in [3.63, 3.8) is 0 Å². The summed E-state index contributed by atoms with van der Waals surface area (Å²) in [6.07, 6.45) is 3.30. The Bertz CT molecular complexity index is 603. The number of piperidine rings is 1. The van der Waals surface area contributed by atoms with Crippen molar-refractivity contribution in [3.8, 4) is 6.07 Å². The number of anilines is 1. The predicted octanol–water partition coefficient (Wildman–Crippen LogP) is 2.74. The smallest absolute Gasteiger partial charge is 0.225 e. The lowest BCUT2D eigenvalue weighted by Crippen LogP contribution is -2.48. The van der Waals surface area contributed by atoms with E-state index < -0.39 is 0 Å². The molecule has 1 atom stereocenters. The lowest BCUT2D eigenvalue weighted by Gasteiger charge is -2.34. The minimum absolute atomic E-state index is 0.0681. The molecular formula is C16H21ClN4O. The lowest BCUT2D eigenvalue weighted by molar-refractivity contribution is -0.126. The van der Waals surface area contributed by atoms with Gasteiger partial charge in [0.25, 0.3) is 0 Å². The summed E-state index contributed by atoms with van der Waals surface area (Å²) >= 11 is 6.22. The predicted molar refractivity (Wildman–Crippen MR) is 86.8 cm³/mol. The number of carbonyl (C=O) groups is 1. The summed E-state index contributed by atoms with van der Waals surface area (Å²) in [4.78, 5) is 18.7. The van der Waals surface area contributed by atoms with E-state index in [-0.39, 0.29) is 17.4 Å². The van der Waals surface area contributed by atoms with Crippen LogP contribution in [0.4, 0.5) is 5.82 Å². The quantitative estimate of drug-likeness (QED) is 0.909. The molecule has 2 rings (SSSR count). The number of halogens is 1. The van der Waals surface area contributed by atoms with Gasteiger partial charge in [-0.3, -0.25) is 4.79 Å². The first-order valence-electron chi connectivity index (χ1n) is 7.43. The molecule has 1 aliphatic rings.